The SMILES string of the molecule is CCc1cnc(N2CCC[C@@]3(CCN([C@H]4CC[C@@H](O)CC4)C3=O)C2)nc1. The number of aliphatic hydroxyl groups is 1. The number of piperidine rings is 1. The zero-order valence-electron chi connectivity index (χ0n) is 15.7. The van der Waals surface area contributed by atoms with Gasteiger partial charge in [-0.05, 0) is 56.9 Å². The highest BCUT2D eigenvalue weighted by Gasteiger charge is 2.50. The standard InChI is InChI=1S/C20H30N4O2/c1-2-15-12-21-19(22-13-15)23-10-3-8-20(14-23)9-11-24(18(20)26)16-4-6-17(25)7-5-16/h12-13,16-17,25H,2-11,14H2,1H3/t16-,17+,20-/m1/s1. The molecule has 1 saturated carbocycles. The van der Waals surface area contributed by atoms with Gasteiger partial charge in [0.15, 0.2) is 0 Å². The van der Waals surface area contributed by atoms with Gasteiger partial charge in [-0.15, -0.1) is 0 Å². The fourth-order valence-electron chi connectivity index (χ4n) is 4.94. The maximum atomic E-state index is 13.3. The fourth-order valence-corrected chi connectivity index (χ4v) is 4.94. The third kappa shape index (κ3) is 3.20. The minimum Gasteiger partial charge on any atom is -0.393 e. The molecule has 0 aromatic carbocycles. The summed E-state index contributed by atoms with van der Waals surface area (Å²) >= 11 is 0. The van der Waals surface area contributed by atoms with Gasteiger partial charge in [-0.1, -0.05) is 6.92 Å². The number of likely N-dealkylation sites (tertiary alicyclic amines) is 1. The molecular weight excluding hydrogens is 328 g/mol. The summed E-state index contributed by atoms with van der Waals surface area (Å²) in [5, 5.41) is 9.75. The lowest BCUT2D eigenvalue weighted by atomic mass is 9.78. The van der Waals surface area contributed by atoms with Crippen molar-refractivity contribution in [2.75, 3.05) is 24.5 Å². The summed E-state index contributed by atoms with van der Waals surface area (Å²) in [5.74, 6) is 1.09. The van der Waals surface area contributed by atoms with Gasteiger partial charge in [-0.2, -0.15) is 0 Å². The predicted octanol–water partition coefficient (Wildman–Crippen LogP) is 2.16. The number of carbonyl (C=O) groups is 1. The Hall–Kier alpha value is -1.69. The second-order valence-corrected chi connectivity index (χ2v) is 8.26. The number of carbonyl (C=O) groups excluding carboxylic acids is 1. The maximum absolute atomic E-state index is 13.3. The van der Waals surface area contributed by atoms with Crippen molar-refractivity contribution < 1.29 is 9.90 Å². The first-order valence-electron chi connectivity index (χ1n) is 10.2. The molecule has 1 aromatic rings. The Morgan fingerprint density at radius 1 is 1.15 bits per heavy atom. The van der Waals surface area contributed by atoms with Crippen LogP contribution in [0.15, 0.2) is 12.4 Å². The minimum absolute atomic E-state index is 0.175. The molecule has 1 spiro atoms. The van der Waals surface area contributed by atoms with E-state index in [1.807, 2.05) is 12.4 Å². The topological polar surface area (TPSA) is 69.6 Å². The molecule has 3 heterocycles. The summed E-state index contributed by atoms with van der Waals surface area (Å²) in [7, 11) is 0. The van der Waals surface area contributed by atoms with Crippen LogP contribution in [0.1, 0.15) is 57.4 Å². The number of aromatic nitrogens is 2. The largest absolute Gasteiger partial charge is 0.393 e. The molecule has 1 aromatic heterocycles. The molecule has 1 N–H and O–H groups in total. The normalized spacial score (nSPS) is 32.5. The van der Waals surface area contributed by atoms with E-state index >= 15 is 0 Å². The first-order valence-corrected chi connectivity index (χ1v) is 10.2. The van der Waals surface area contributed by atoms with Gasteiger partial charge in [0.05, 0.1) is 11.5 Å². The zero-order chi connectivity index (χ0) is 18.1. The zero-order valence-corrected chi connectivity index (χ0v) is 15.7. The van der Waals surface area contributed by atoms with Crippen molar-refractivity contribution in [1.82, 2.24) is 14.9 Å². The minimum atomic E-state index is -0.263. The average Bonchev–Trinajstić information content (AvgIpc) is 2.98. The summed E-state index contributed by atoms with van der Waals surface area (Å²) < 4.78 is 0. The van der Waals surface area contributed by atoms with Gasteiger partial charge in [0, 0.05) is 38.1 Å². The van der Waals surface area contributed by atoms with Gasteiger partial charge in [0.2, 0.25) is 11.9 Å². The smallest absolute Gasteiger partial charge is 0.230 e. The van der Waals surface area contributed by atoms with Crippen LogP contribution in [0.5, 0.6) is 0 Å². The van der Waals surface area contributed by atoms with Crippen molar-refractivity contribution in [3.05, 3.63) is 18.0 Å². The molecule has 0 radical (unpaired) electrons. The van der Waals surface area contributed by atoms with Crippen molar-refractivity contribution in [3.8, 4) is 0 Å². The number of nitrogens with zero attached hydrogens (tertiary/aromatic N) is 4. The number of rotatable bonds is 3. The van der Waals surface area contributed by atoms with E-state index in [4.69, 9.17) is 0 Å². The summed E-state index contributed by atoms with van der Waals surface area (Å²) in [6, 6.07) is 0.320. The molecule has 0 bridgehead atoms. The van der Waals surface area contributed by atoms with Crippen LogP contribution >= 0.6 is 0 Å². The number of anilines is 1. The molecule has 6 heteroatoms. The molecule has 1 aliphatic carbocycles. The van der Waals surface area contributed by atoms with Crippen LogP contribution in [0.25, 0.3) is 0 Å². The lowest BCUT2D eigenvalue weighted by Gasteiger charge is -2.40. The molecule has 0 unspecified atom stereocenters. The highest BCUT2D eigenvalue weighted by Crippen LogP contribution is 2.43. The van der Waals surface area contributed by atoms with Crippen molar-refractivity contribution >= 4 is 11.9 Å². The van der Waals surface area contributed by atoms with E-state index in [1.54, 1.807) is 0 Å². The average molecular weight is 358 g/mol. The van der Waals surface area contributed by atoms with Crippen LogP contribution in [-0.2, 0) is 11.2 Å². The van der Waals surface area contributed by atoms with Gasteiger partial charge in [-0.3, -0.25) is 4.79 Å². The van der Waals surface area contributed by atoms with Crippen molar-refractivity contribution in [3.63, 3.8) is 0 Å². The number of aliphatic hydroxyl groups excluding tert-OH is 1. The third-order valence-corrected chi connectivity index (χ3v) is 6.61. The van der Waals surface area contributed by atoms with Crippen LogP contribution in [0.2, 0.25) is 0 Å². The summed E-state index contributed by atoms with van der Waals surface area (Å²) in [6.45, 7) is 4.63. The van der Waals surface area contributed by atoms with Crippen molar-refractivity contribution in [1.29, 1.82) is 0 Å². The third-order valence-electron chi connectivity index (χ3n) is 6.61. The lowest BCUT2D eigenvalue weighted by molar-refractivity contribution is -0.139. The summed E-state index contributed by atoms with van der Waals surface area (Å²) in [6.07, 6.45) is 11.0. The molecule has 3 fully saturated rings. The Morgan fingerprint density at radius 3 is 2.58 bits per heavy atom. The van der Waals surface area contributed by atoms with E-state index in [0.29, 0.717) is 11.9 Å². The Labute approximate surface area is 155 Å². The molecule has 1 atom stereocenters. The second kappa shape index (κ2) is 7.14. The van der Waals surface area contributed by atoms with Crippen LogP contribution in [-0.4, -0.2) is 57.7 Å². The molecule has 2 aliphatic heterocycles. The Balaban J connectivity index is 1.46. The molecule has 3 aliphatic rings. The monoisotopic (exact) mass is 358 g/mol. The lowest BCUT2D eigenvalue weighted by Crippen LogP contribution is -2.50. The van der Waals surface area contributed by atoms with E-state index in [0.717, 1.165) is 82.5 Å². The second-order valence-electron chi connectivity index (χ2n) is 8.26. The molecular formula is C20H30N4O2. The highest BCUT2D eigenvalue weighted by atomic mass is 16.3. The first-order chi connectivity index (χ1) is 12.6. The molecule has 26 heavy (non-hydrogen) atoms. The number of aryl methyl sites for hydroxylation is 1. The van der Waals surface area contributed by atoms with Crippen molar-refractivity contribution in [2.24, 2.45) is 5.41 Å². The molecule has 142 valence electrons. The van der Waals surface area contributed by atoms with Crippen LogP contribution in [0.4, 0.5) is 5.95 Å². The number of amides is 1. The highest BCUT2D eigenvalue weighted by molar-refractivity contribution is 5.86. The van der Waals surface area contributed by atoms with E-state index in [-0.39, 0.29) is 11.5 Å². The molecule has 6 nitrogen and oxygen atoms in total. The van der Waals surface area contributed by atoms with Gasteiger partial charge >= 0.3 is 0 Å². The van der Waals surface area contributed by atoms with E-state index < -0.39 is 0 Å². The van der Waals surface area contributed by atoms with Crippen LogP contribution in [0.3, 0.4) is 0 Å². The summed E-state index contributed by atoms with van der Waals surface area (Å²) in [4.78, 5) is 26.7. The number of hydrogen-bond donors (Lipinski definition) is 1. The molecule has 4 rings (SSSR count). The van der Waals surface area contributed by atoms with Gasteiger partial charge in [0.25, 0.3) is 0 Å². The molecule has 1 amide bonds. The van der Waals surface area contributed by atoms with Gasteiger partial charge in [0.1, 0.15) is 0 Å². The Kier molecular flexibility index (Phi) is 4.86. The van der Waals surface area contributed by atoms with E-state index in [9.17, 15) is 9.90 Å². The van der Waals surface area contributed by atoms with Crippen LogP contribution < -0.4 is 4.90 Å². The Bertz CT molecular complexity index is 642. The quantitative estimate of drug-likeness (QED) is 0.897. The number of hydrogen-bond acceptors (Lipinski definition) is 5. The maximum Gasteiger partial charge on any atom is 0.230 e. The van der Waals surface area contributed by atoms with Crippen molar-refractivity contribution in [2.45, 2.75) is 70.4 Å². The molecule has 2 saturated heterocycles. The van der Waals surface area contributed by atoms with E-state index in [1.165, 1.54) is 0 Å². The predicted molar refractivity (Wildman–Crippen MR) is 99.9 cm³/mol. The van der Waals surface area contributed by atoms with Gasteiger partial charge < -0.3 is 14.9 Å². The fraction of sp³-hybridized carbons (Fsp3) is 0.750. The first kappa shape index (κ1) is 17.7. The van der Waals surface area contributed by atoms with Gasteiger partial charge in [-0.25, -0.2) is 9.97 Å². The summed E-state index contributed by atoms with van der Waals surface area (Å²) in [5.41, 5.74) is 0.879. The Morgan fingerprint density at radius 2 is 1.88 bits per heavy atom. The van der Waals surface area contributed by atoms with Crippen LogP contribution in [0, 0.1) is 5.41 Å². The van der Waals surface area contributed by atoms with E-state index in [2.05, 4.69) is 26.7 Å².